The molecule has 1 N–H and O–H groups in total. The predicted molar refractivity (Wildman–Crippen MR) is 66.1 cm³/mol. The summed E-state index contributed by atoms with van der Waals surface area (Å²) in [5, 5.41) is 3.23. The molecule has 0 radical (unpaired) electrons. The van der Waals surface area contributed by atoms with Crippen LogP contribution in [0.3, 0.4) is 0 Å². The zero-order chi connectivity index (χ0) is 12.0. The minimum absolute atomic E-state index is 0.365. The van der Waals surface area contributed by atoms with E-state index in [9.17, 15) is 0 Å². The zero-order valence-corrected chi connectivity index (χ0v) is 10.4. The van der Waals surface area contributed by atoms with Gasteiger partial charge in [-0.1, -0.05) is 25.7 Å². The Bertz CT molecular complexity index is 368. The molecule has 0 aliphatic carbocycles. The minimum atomic E-state index is 0.365. The van der Waals surface area contributed by atoms with Gasteiger partial charge in [0.15, 0.2) is 0 Å². The zero-order valence-electron chi connectivity index (χ0n) is 10.4. The molecule has 0 bridgehead atoms. The molecule has 0 atom stereocenters. The normalized spacial score (nSPS) is 10.4. The SMILES string of the molecule is CC(C)NCC#Cc1cnc(C(C)C)nc1. The van der Waals surface area contributed by atoms with Crippen molar-refractivity contribution in [3.63, 3.8) is 0 Å². The van der Waals surface area contributed by atoms with Crippen molar-refractivity contribution in [2.24, 2.45) is 0 Å². The molecule has 3 nitrogen and oxygen atoms in total. The molecule has 0 aromatic carbocycles. The fourth-order valence-corrected chi connectivity index (χ4v) is 1.10. The lowest BCUT2D eigenvalue weighted by Crippen LogP contribution is -2.22. The first kappa shape index (κ1) is 12.7. The Morgan fingerprint density at radius 2 is 1.81 bits per heavy atom. The molecule has 0 fully saturated rings. The Morgan fingerprint density at radius 1 is 1.19 bits per heavy atom. The Labute approximate surface area is 97.7 Å². The summed E-state index contributed by atoms with van der Waals surface area (Å²) >= 11 is 0. The van der Waals surface area contributed by atoms with E-state index in [1.807, 2.05) is 0 Å². The van der Waals surface area contributed by atoms with Crippen molar-refractivity contribution in [1.29, 1.82) is 0 Å². The van der Waals surface area contributed by atoms with Gasteiger partial charge in [-0.3, -0.25) is 0 Å². The molecule has 1 aromatic rings. The Morgan fingerprint density at radius 3 is 2.31 bits per heavy atom. The van der Waals surface area contributed by atoms with Crippen LogP contribution >= 0.6 is 0 Å². The van der Waals surface area contributed by atoms with Gasteiger partial charge in [-0.15, -0.1) is 0 Å². The quantitative estimate of drug-likeness (QED) is 0.786. The minimum Gasteiger partial charge on any atom is -0.304 e. The van der Waals surface area contributed by atoms with Crippen LogP contribution in [0.4, 0.5) is 0 Å². The first-order valence-electron chi connectivity index (χ1n) is 5.63. The molecule has 0 saturated carbocycles. The predicted octanol–water partition coefficient (Wildman–Crippen LogP) is 1.95. The van der Waals surface area contributed by atoms with Crippen molar-refractivity contribution in [2.75, 3.05) is 6.54 Å². The molecule has 0 amide bonds. The van der Waals surface area contributed by atoms with Gasteiger partial charge < -0.3 is 5.32 Å². The average molecular weight is 217 g/mol. The van der Waals surface area contributed by atoms with Crippen LogP contribution in [0.5, 0.6) is 0 Å². The van der Waals surface area contributed by atoms with Gasteiger partial charge in [0, 0.05) is 24.4 Å². The standard InChI is InChI=1S/C13H19N3/c1-10(2)13-15-8-12(9-16-13)6-5-7-14-11(3)4/h8-11,14H,7H2,1-4H3. The maximum absolute atomic E-state index is 4.26. The van der Waals surface area contributed by atoms with Crippen molar-refractivity contribution >= 4 is 0 Å². The molecule has 16 heavy (non-hydrogen) atoms. The van der Waals surface area contributed by atoms with Gasteiger partial charge in [0.2, 0.25) is 0 Å². The van der Waals surface area contributed by atoms with E-state index in [1.165, 1.54) is 0 Å². The first-order valence-corrected chi connectivity index (χ1v) is 5.63. The van der Waals surface area contributed by atoms with Crippen LogP contribution < -0.4 is 5.32 Å². The van der Waals surface area contributed by atoms with Crippen molar-refractivity contribution in [3.8, 4) is 11.8 Å². The molecule has 0 unspecified atom stereocenters. The highest BCUT2D eigenvalue weighted by atomic mass is 14.9. The van der Waals surface area contributed by atoms with Gasteiger partial charge in [0.05, 0.1) is 12.1 Å². The molecule has 1 rings (SSSR count). The second-order valence-corrected chi connectivity index (χ2v) is 4.32. The number of rotatable bonds is 3. The molecule has 1 aromatic heterocycles. The van der Waals surface area contributed by atoms with Gasteiger partial charge in [-0.05, 0) is 13.8 Å². The van der Waals surface area contributed by atoms with Crippen LogP contribution in [0, 0.1) is 11.8 Å². The van der Waals surface area contributed by atoms with E-state index >= 15 is 0 Å². The largest absolute Gasteiger partial charge is 0.304 e. The molecule has 0 spiro atoms. The van der Waals surface area contributed by atoms with E-state index in [-0.39, 0.29) is 0 Å². The summed E-state index contributed by atoms with van der Waals surface area (Å²) in [5.41, 5.74) is 0.870. The third kappa shape index (κ3) is 4.41. The first-order chi connectivity index (χ1) is 7.59. The number of hydrogen-bond acceptors (Lipinski definition) is 3. The van der Waals surface area contributed by atoms with E-state index in [1.54, 1.807) is 12.4 Å². The summed E-state index contributed by atoms with van der Waals surface area (Å²) in [7, 11) is 0. The molecular weight excluding hydrogens is 198 g/mol. The molecular formula is C13H19N3. The maximum atomic E-state index is 4.26. The van der Waals surface area contributed by atoms with Crippen molar-refractivity contribution < 1.29 is 0 Å². The Kier molecular flexibility index (Phi) is 4.94. The van der Waals surface area contributed by atoms with Crippen LogP contribution in [0.25, 0.3) is 0 Å². The summed E-state index contributed by atoms with van der Waals surface area (Å²) in [4.78, 5) is 8.52. The fraction of sp³-hybridized carbons (Fsp3) is 0.538. The molecule has 0 aliphatic rings. The van der Waals surface area contributed by atoms with E-state index < -0.39 is 0 Å². The highest BCUT2D eigenvalue weighted by molar-refractivity contribution is 5.30. The number of nitrogens with zero attached hydrogens (tertiary/aromatic N) is 2. The number of nitrogens with one attached hydrogen (secondary N) is 1. The molecule has 86 valence electrons. The van der Waals surface area contributed by atoms with E-state index in [4.69, 9.17) is 0 Å². The third-order valence-corrected chi connectivity index (χ3v) is 2.02. The van der Waals surface area contributed by atoms with Crippen LogP contribution in [0.15, 0.2) is 12.4 Å². The van der Waals surface area contributed by atoms with E-state index in [0.29, 0.717) is 18.5 Å². The number of aromatic nitrogens is 2. The summed E-state index contributed by atoms with van der Waals surface area (Å²) in [5.74, 6) is 7.30. The van der Waals surface area contributed by atoms with Crippen LogP contribution in [0.1, 0.15) is 45.0 Å². The Balaban J connectivity index is 2.54. The monoisotopic (exact) mass is 217 g/mol. The second kappa shape index (κ2) is 6.24. The summed E-state index contributed by atoms with van der Waals surface area (Å²) < 4.78 is 0. The van der Waals surface area contributed by atoms with Gasteiger partial charge in [0.25, 0.3) is 0 Å². The van der Waals surface area contributed by atoms with Gasteiger partial charge in [0.1, 0.15) is 5.82 Å². The van der Waals surface area contributed by atoms with Gasteiger partial charge in [-0.25, -0.2) is 9.97 Å². The smallest absolute Gasteiger partial charge is 0.130 e. The number of hydrogen-bond donors (Lipinski definition) is 1. The van der Waals surface area contributed by atoms with Crippen molar-refractivity contribution in [2.45, 2.75) is 39.7 Å². The van der Waals surface area contributed by atoms with Crippen molar-refractivity contribution in [1.82, 2.24) is 15.3 Å². The third-order valence-electron chi connectivity index (χ3n) is 2.02. The van der Waals surface area contributed by atoms with Crippen molar-refractivity contribution in [3.05, 3.63) is 23.8 Å². The summed E-state index contributed by atoms with van der Waals surface area (Å²) in [6.07, 6.45) is 3.56. The van der Waals surface area contributed by atoms with Crippen LogP contribution in [-0.4, -0.2) is 22.6 Å². The maximum Gasteiger partial charge on any atom is 0.130 e. The highest BCUT2D eigenvalue weighted by Crippen LogP contribution is 2.06. The second-order valence-electron chi connectivity index (χ2n) is 4.32. The van der Waals surface area contributed by atoms with Gasteiger partial charge >= 0.3 is 0 Å². The summed E-state index contributed by atoms with van der Waals surface area (Å²) in [6, 6.07) is 0.467. The molecule has 0 aliphatic heterocycles. The van der Waals surface area contributed by atoms with E-state index in [0.717, 1.165) is 11.4 Å². The topological polar surface area (TPSA) is 37.8 Å². The lowest BCUT2D eigenvalue weighted by Gasteiger charge is -2.02. The average Bonchev–Trinajstić information content (AvgIpc) is 2.25. The lowest BCUT2D eigenvalue weighted by atomic mass is 10.2. The molecule has 0 saturated heterocycles. The van der Waals surface area contributed by atoms with E-state index in [2.05, 4.69) is 54.8 Å². The van der Waals surface area contributed by atoms with Gasteiger partial charge in [-0.2, -0.15) is 0 Å². The lowest BCUT2D eigenvalue weighted by molar-refractivity contribution is 0.638. The van der Waals surface area contributed by atoms with Crippen LogP contribution in [0.2, 0.25) is 0 Å². The van der Waals surface area contributed by atoms with Crippen LogP contribution in [-0.2, 0) is 0 Å². The molecule has 1 heterocycles. The Hall–Kier alpha value is -1.40. The fourth-order valence-electron chi connectivity index (χ4n) is 1.10. The summed E-state index contributed by atoms with van der Waals surface area (Å²) in [6.45, 7) is 9.05. The highest BCUT2D eigenvalue weighted by Gasteiger charge is 2.00. The molecule has 3 heteroatoms.